The van der Waals surface area contributed by atoms with Crippen LogP contribution in [0.1, 0.15) is 30.3 Å². The highest BCUT2D eigenvalue weighted by Gasteiger charge is 2.46. The summed E-state index contributed by atoms with van der Waals surface area (Å²) in [5.41, 5.74) is -0.511. The fourth-order valence-corrected chi connectivity index (χ4v) is 2.73. The summed E-state index contributed by atoms with van der Waals surface area (Å²) in [6.07, 6.45) is 1.16. The molecule has 2 aromatic rings. The van der Waals surface area contributed by atoms with Crippen LogP contribution in [0.25, 0.3) is 11.0 Å². The maximum absolute atomic E-state index is 12.5. The van der Waals surface area contributed by atoms with Gasteiger partial charge in [0.25, 0.3) is 5.91 Å². The summed E-state index contributed by atoms with van der Waals surface area (Å²) in [7, 11) is 0. The zero-order valence-corrected chi connectivity index (χ0v) is 11.1. The standard InChI is InChI=1S/C15H15NO4/c1-15(14(18)19)7-4-8-16(15)13(17)12-9-10-5-2-3-6-11(10)20-12/h2-3,5-6,9H,4,7-8H2,1H3,(H,18,19). The highest BCUT2D eigenvalue weighted by molar-refractivity contribution is 5.99. The lowest BCUT2D eigenvalue weighted by atomic mass is 9.99. The Balaban J connectivity index is 1.98. The summed E-state index contributed by atoms with van der Waals surface area (Å²) >= 11 is 0. The van der Waals surface area contributed by atoms with Gasteiger partial charge in [-0.3, -0.25) is 4.79 Å². The predicted octanol–water partition coefficient (Wildman–Crippen LogP) is 2.51. The molecule has 1 aliphatic heterocycles. The molecule has 1 aromatic carbocycles. The first-order chi connectivity index (χ1) is 9.52. The van der Waals surface area contributed by atoms with E-state index in [2.05, 4.69) is 0 Å². The van der Waals surface area contributed by atoms with Gasteiger partial charge in [-0.25, -0.2) is 4.79 Å². The number of nitrogens with zero attached hydrogens (tertiary/aromatic N) is 1. The Morgan fingerprint density at radius 1 is 1.35 bits per heavy atom. The van der Waals surface area contributed by atoms with Gasteiger partial charge in [-0.05, 0) is 31.9 Å². The Morgan fingerprint density at radius 2 is 2.10 bits per heavy atom. The lowest BCUT2D eigenvalue weighted by Crippen LogP contribution is -2.50. The van der Waals surface area contributed by atoms with E-state index in [1.165, 1.54) is 4.90 Å². The number of benzene rings is 1. The molecular formula is C15H15NO4. The number of para-hydroxylation sites is 1. The number of rotatable bonds is 2. The smallest absolute Gasteiger partial charge is 0.329 e. The van der Waals surface area contributed by atoms with Crippen LogP contribution in [-0.4, -0.2) is 34.0 Å². The molecule has 104 valence electrons. The van der Waals surface area contributed by atoms with Gasteiger partial charge in [0.1, 0.15) is 11.1 Å². The van der Waals surface area contributed by atoms with Crippen molar-refractivity contribution < 1.29 is 19.1 Å². The number of fused-ring (bicyclic) bond motifs is 1. The second-order valence-electron chi connectivity index (χ2n) is 5.29. The van der Waals surface area contributed by atoms with E-state index in [4.69, 9.17) is 4.42 Å². The summed E-state index contributed by atoms with van der Waals surface area (Å²) in [5.74, 6) is -1.14. The molecule has 1 aliphatic rings. The topological polar surface area (TPSA) is 70.8 Å². The Bertz CT molecular complexity index is 657. The van der Waals surface area contributed by atoms with Crippen LogP contribution in [-0.2, 0) is 4.79 Å². The van der Waals surface area contributed by atoms with Crippen molar-refractivity contribution in [3.05, 3.63) is 36.1 Å². The molecule has 1 aromatic heterocycles. The third-order valence-corrected chi connectivity index (χ3v) is 3.98. The van der Waals surface area contributed by atoms with Crippen molar-refractivity contribution in [2.24, 2.45) is 0 Å². The van der Waals surface area contributed by atoms with Gasteiger partial charge >= 0.3 is 5.97 Å². The van der Waals surface area contributed by atoms with Gasteiger partial charge < -0.3 is 14.4 Å². The van der Waals surface area contributed by atoms with Crippen LogP contribution in [0, 0.1) is 0 Å². The quantitative estimate of drug-likeness (QED) is 0.912. The molecule has 1 amide bonds. The van der Waals surface area contributed by atoms with Crippen molar-refractivity contribution in [1.29, 1.82) is 0 Å². The van der Waals surface area contributed by atoms with Crippen LogP contribution in [0.3, 0.4) is 0 Å². The Morgan fingerprint density at radius 3 is 2.80 bits per heavy atom. The number of carbonyl (C=O) groups is 2. The van der Waals surface area contributed by atoms with Crippen LogP contribution in [0.15, 0.2) is 34.7 Å². The number of hydrogen-bond donors (Lipinski definition) is 1. The van der Waals surface area contributed by atoms with Gasteiger partial charge in [0.05, 0.1) is 0 Å². The predicted molar refractivity (Wildman–Crippen MR) is 72.5 cm³/mol. The third-order valence-electron chi connectivity index (χ3n) is 3.98. The Hall–Kier alpha value is -2.30. The van der Waals surface area contributed by atoms with Gasteiger partial charge in [-0.2, -0.15) is 0 Å². The highest BCUT2D eigenvalue weighted by Crippen LogP contribution is 2.31. The van der Waals surface area contributed by atoms with Gasteiger partial charge in [0.15, 0.2) is 5.76 Å². The minimum absolute atomic E-state index is 0.195. The summed E-state index contributed by atoms with van der Waals surface area (Å²) in [6.45, 7) is 2.03. The van der Waals surface area contributed by atoms with E-state index in [-0.39, 0.29) is 11.7 Å². The molecule has 0 spiro atoms. The first-order valence-electron chi connectivity index (χ1n) is 6.56. The summed E-state index contributed by atoms with van der Waals surface area (Å²) in [5, 5.41) is 10.2. The van der Waals surface area contributed by atoms with Crippen molar-refractivity contribution in [3.63, 3.8) is 0 Å². The molecule has 0 radical (unpaired) electrons. The molecule has 2 heterocycles. The average molecular weight is 273 g/mol. The zero-order chi connectivity index (χ0) is 14.3. The molecule has 20 heavy (non-hydrogen) atoms. The van der Waals surface area contributed by atoms with E-state index in [0.29, 0.717) is 25.0 Å². The van der Waals surface area contributed by atoms with Crippen LogP contribution < -0.4 is 0 Å². The number of hydrogen-bond acceptors (Lipinski definition) is 3. The van der Waals surface area contributed by atoms with Gasteiger partial charge in [-0.15, -0.1) is 0 Å². The Labute approximate surface area is 115 Å². The van der Waals surface area contributed by atoms with Gasteiger partial charge in [0, 0.05) is 11.9 Å². The molecule has 1 unspecified atom stereocenters. The van der Waals surface area contributed by atoms with Crippen molar-refractivity contribution in [1.82, 2.24) is 4.90 Å². The second kappa shape index (κ2) is 4.37. The van der Waals surface area contributed by atoms with Crippen LogP contribution in [0.5, 0.6) is 0 Å². The van der Waals surface area contributed by atoms with Crippen LogP contribution >= 0.6 is 0 Å². The van der Waals surface area contributed by atoms with Crippen molar-refractivity contribution in [2.75, 3.05) is 6.54 Å². The van der Waals surface area contributed by atoms with Crippen molar-refractivity contribution in [3.8, 4) is 0 Å². The average Bonchev–Trinajstić information content (AvgIpc) is 3.02. The molecule has 1 saturated heterocycles. The molecule has 3 rings (SSSR count). The van der Waals surface area contributed by atoms with E-state index < -0.39 is 11.5 Å². The van der Waals surface area contributed by atoms with E-state index in [1.807, 2.05) is 18.2 Å². The van der Waals surface area contributed by atoms with E-state index >= 15 is 0 Å². The highest BCUT2D eigenvalue weighted by atomic mass is 16.4. The number of likely N-dealkylation sites (tertiary alicyclic amines) is 1. The third kappa shape index (κ3) is 1.78. The molecule has 5 nitrogen and oxygen atoms in total. The normalized spacial score (nSPS) is 22.4. The maximum atomic E-state index is 12.5. The molecule has 5 heteroatoms. The zero-order valence-electron chi connectivity index (χ0n) is 11.1. The number of aliphatic carboxylic acids is 1. The molecule has 0 aliphatic carbocycles. The Kier molecular flexibility index (Phi) is 2.78. The molecule has 1 N–H and O–H groups in total. The van der Waals surface area contributed by atoms with Crippen LogP contribution in [0.2, 0.25) is 0 Å². The molecule has 1 atom stereocenters. The summed E-state index contributed by atoms with van der Waals surface area (Å²) in [6, 6.07) is 9.00. The number of amides is 1. The lowest BCUT2D eigenvalue weighted by Gasteiger charge is -2.30. The molecular weight excluding hydrogens is 258 g/mol. The maximum Gasteiger partial charge on any atom is 0.329 e. The van der Waals surface area contributed by atoms with E-state index in [0.717, 1.165) is 5.39 Å². The molecule has 0 bridgehead atoms. The number of carboxylic acid groups (broad SMARTS) is 1. The minimum Gasteiger partial charge on any atom is -0.480 e. The van der Waals surface area contributed by atoms with Crippen molar-refractivity contribution >= 4 is 22.8 Å². The van der Waals surface area contributed by atoms with Crippen molar-refractivity contribution in [2.45, 2.75) is 25.3 Å². The summed E-state index contributed by atoms with van der Waals surface area (Å²) < 4.78 is 5.53. The SMILES string of the molecule is CC1(C(=O)O)CCCN1C(=O)c1cc2ccccc2o1. The molecule has 0 saturated carbocycles. The first-order valence-corrected chi connectivity index (χ1v) is 6.56. The molecule has 1 fully saturated rings. The first kappa shape index (κ1) is 12.7. The van der Waals surface area contributed by atoms with Gasteiger partial charge in [0.2, 0.25) is 0 Å². The van der Waals surface area contributed by atoms with E-state index in [1.54, 1.807) is 19.1 Å². The number of carbonyl (C=O) groups excluding carboxylic acids is 1. The van der Waals surface area contributed by atoms with Crippen LogP contribution in [0.4, 0.5) is 0 Å². The van der Waals surface area contributed by atoms with Gasteiger partial charge in [-0.1, -0.05) is 18.2 Å². The fourth-order valence-electron chi connectivity index (χ4n) is 2.73. The number of carboxylic acids is 1. The minimum atomic E-state index is -1.14. The summed E-state index contributed by atoms with van der Waals surface area (Å²) in [4.78, 5) is 25.3. The number of furan rings is 1. The van der Waals surface area contributed by atoms with E-state index in [9.17, 15) is 14.7 Å². The monoisotopic (exact) mass is 273 g/mol. The largest absolute Gasteiger partial charge is 0.480 e. The fraction of sp³-hybridized carbons (Fsp3) is 0.333. The lowest BCUT2D eigenvalue weighted by molar-refractivity contribution is -0.147. The second-order valence-corrected chi connectivity index (χ2v) is 5.29.